The topological polar surface area (TPSA) is 47.5 Å². The predicted octanol–water partition coefficient (Wildman–Crippen LogP) is 3.02. The molecule has 1 aliphatic rings. The van der Waals surface area contributed by atoms with Crippen molar-refractivity contribution in [2.75, 3.05) is 25.7 Å². The van der Waals surface area contributed by atoms with Crippen LogP contribution in [0, 0.1) is 6.92 Å². The number of hydrogen-bond acceptors (Lipinski definition) is 5. The minimum absolute atomic E-state index is 0.0542. The van der Waals surface area contributed by atoms with Crippen molar-refractivity contribution in [1.29, 1.82) is 0 Å². The first-order valence-corrected chi connectivity index (χ1v) is 7.00. The van der Waals surface area contributed by atoms with Crippen molar-refractivity contribution < 1.29 is 9.47 Å². The number of anilines is 1. The number of ether oxygens (including phenoxy) is 2. The lowest BCUT2D eigenvalue weighted by molar-refractivity contribution is 0.264. The summed E-state index contributed by atoms with van der Waals surface area (Å²) < 4.78 is 11.1. The molecule has 5 nitrogen and oxygen atoms in total. The summed E-state index contributed by atoms with van der Waals surface area (Å²) in [6.45, 7) is 2.60. The summed E-state index contributed by atoms with van der Waals surface area (Å²) in [5.41, 5.74) is 2.33. The van der Waals surface area contributed by atoms with Crippen LogP contribution < -0.4 is 14.4 Å². The maximum atomic E-state index is 5.89. The quantitative estimate of drug-likeness (QED) is 0.798. The molecule has 110 valence electrons. The van der Waals surface area contributed by atoms with Crippen LogP contribution in [0.4, 0.5) is 5.82 Å². The van der Waals surface area contributed by atoms with E-state index in [1.165, 1.54) is 5.56 Å². The summed E-state index contributed by atoms with van der Waals surface area (Å²) in [6, 6.07) is 6.09. The summed E-state index contributed by atoms with van der Waals surface area (Å²) in [4.78, 5) is 10.3. The zero-order valence-corrected chi connectivity index (χ0v) is 12.9. The van der Waals surface area contributed by atoms with Gasteiger partial charge >= 0.3 is 0 Å². The van der Waals surface area contributed by atoms with Gasteiger partial charge in [-0.25, -0.2) is 4.98 Å². The molecule has 0 radical (unpaired) electrons. The van der Waals surface area contributed by atoms with Gasteiger partial charge in [0.05, 0.1) is 19.3 Å². The standard InChI is InChI=1S/C15H16ClN3O2/c1-9-4-5-10(20-3)6-11(9)12-8-21-13-7-17-15(16)18-14(13)19(12)2/h4-7,12H,8H2,1-3H3. The number of hydrogen-bond donors (Lipinski definition) is 0. The normalized spacial score (nSPS) is 17.1. The maximum Gasteiger partial charge on any atom is 0.224 e. The van der Waals surface area contributed by atoms with Gasteiger partial charge in [0.15, 0.2) is 11.6 Å². The monoisotopic (exact) mass is 305 g/mol. The number of aromatic nitrogens is 2. The Kier molecular flexibility index (Phi) is 3.59. The molecule has 0 amide bonds. The number of benzene rings is 1. The van der Waals surface area contributed by atoms with Crippen LogP contribution in [0.15, 0.2) is 24.4 Å². The fraction of sp³-hybridized carbons (Fsp3) is 0.333. The minimum Gasteiger partial charge on any atom is -0.497 e. The Morgan fingerprint density at radius 1 is 1.43 bits per heavy atom. The van der Waals surface area contributed by atoms with Gasteiger partial charge in [-0.1, -0.05) is 6.07 Å². The van der Waals surface area contributed by atoms with E-state index >= 15 is 0 Å². The number of likely N-dealkylation sites (N-methyl/N-ethyl adjacent to an activating group) is 1. The molecule has 1 atom stereocenters. The van der Waals surface area contributed by atoms with Crippen LogP contribution >= 0.6 is 11.6 Å². The lowest BCUT2D eigenvalue weighted by atomic mass is 9.99. The first-order valence-electron chi connectivity index (χ1n) is 6.63. The fourth-order valence-corrected chi connectivity index (χ4v) is 2.66. The first kappa shape index (κ1) is 13.9. The third-order valence-corrected chi connectivity index (χ3v) is 3.93. The van der Waals surface area contributed by atoms with Crippen LogP contribution in [0.1, 0.15) is 17.2 Å². The molecule has 0 N–H and O–H groups in total. The van der Waals surface area contributed by atoms with Crippen LogP contribution in [0.25, 0.3) is 0 Å². The van der Waals surface area contributed by atoms with Gasteiger partial charge in [0.25, 0.3) is 0 Å². The van der Waals surface area contributed by atoms with E-state index in [1.807, 2.05) is 25.2 Å². The molecule has 1 aromatic carbocycles. The number of aryl methyl sites for hydroxylation is 1. The van der Waals surface area contributed by atoms with Crippen molar-refractivity contribution in [2.24, 2.45) is 0 Å². The van der Waals surface area contributed by atoms with Crippen molar-refractivity contribution in [1.82, 2.24) is 9.97 Å². The van der Waals surface area contributed by atoms with Gasteiger partial charge in [-0.2, -0.15) is 4.98 Å². The van der Waals surface area contributed by atoms with E-state index in [4.69, 9.17) is 21.1 Å². The summed E-state index contributed by atoms with van der Waals surface area (Å²) >= 11 is 5.89. The lowest BCUT2D eigenvalue weighted by Crippen LogP contribution is -2.34. The number of methoxy groups -OCH3 is 1. The summed E-state index contributed by atoms with van der Waals surface area (Å²) in [7, 11) is 3.64. The Labute approximate surface area is 128 Å². The zero-order chi connectivity index (χ0) is 15.0. The Hall–Kier alpha value is -2.01. The molecule has 0 saturated carbocycles. The van der Waals surface area contributed by atoms with Gasteiger partial charge in [0.1, 0.15) is 12.4 Å². The minimum atomic E-state index is 0.0542. The molecule has 21 heavy (non-hydrogen) atoms. The third kappa shape index (κ3) is 2.49. The van der Waals surface area contributed by atoms with Crippen molar-refractivity contribution in [3.05, 3.63) is 40.8 Å². The molecule has 6 heteroatoms. The molecule has 2 heterocycles. The molecular formula is C15H16ClN3O2. The molecule has 0 bridgehead atoms. The second-order valence-corrected chi connectivity index (χ2v) is 5.33. The van der Waals surface area contributed by atoms with Gasteiger partial charge in [0.2, 0.25) is 5.28 Å². The van der Waals surface area contributed by atoms with E-state index in [0.717, 1.165) is 11.3 Å². The van der Waals surface area contributed by atoms with Gasteiger partial charge in [0, 0.05) is 7.05 Å². The van der Waals surface area contributed by atoms with E-state index in [9.17, 15) is 0 Å². The zero-order valence-electron chi connectivity index (χ0n) is 12.1. The van der Waals surface area contributed by atoms with E-state index in [1.54, 1.807) is 13.3 Å². The largest absolute Gasteiger partial charge is 0.497 e. The highest BCUT2D eigenvalue weighted by Gasteiger charge is 2.29. The molecule has 3 rings (SSSR count). The average Bonchev–Trinajstić information content (AvgIpc) is 2.49. The van der Waals surface area contributed by atoms with Gasteiger partial charge in [-0.3, -0.25) is 0 Å². The maximum absolute atomic E-state index is 5.89. The lowest BCUT2D eigenvalue weighted by Gasteiger charge is -2.35. The van der Waals surface area contributed by atoms with Crippen LogP contribution in [0.5, 0.6) is 11.5 Å². The molecule has 1 aliphatic heterocycles. The molecular weight excluding hydrogens is 290 g/mol. The highest BCUT2D eigenvalue weighted by Crippen LogP contribution is 2.38. The second-order valence-electron chi connectivity index (χ2n) is 4.99. The Bertz CT molecular complexity index is 678. The Morgan fingerprint density at radius 3 is 3.00 bits per heavy atom. The molecule has 1 aromatic heterocycles. The molecule has 0 saturated heterocycles. The molecule has 0 spiro atoms. The predicted molar refractivity (Wildman–Crippen MR) is 81.4 cm³/mol. The highest BCUT2D eigenvalue weighted by molar-refractivity contribution is 6.28. The summed E-state index contributed by atoms with van der Waals surface area (Å²) in [5.74, 6) is 2.18. The smallest absolute Gasteiger partial charge is 0.224 e. The van der Waals surface area contributed by atoms with Crippen LogP contribution in [-0.2, 0) is 0 Å². The average molecular weight is 306 g/mol. The number of halogens is 1. The van der Waals surface area contributed by atoms with Crippen LogP contribution in [-0.4, -0.2) is 30.7 Å². The van der Waals surface area contributed by atoms with Crippen molar-refractivity contribution in [2.45, 2.75) is 13.0 Å². The van der Waals surface area contributed by atoms with Crippen LogP contribution in [0.2, 0.25) is 5.28 Å². The number of nitrogens with zero attached hydrogens (tertiary/aromatic N) is 3. The van der Waals surface area contributed by atoms with Gasteiger partial charge in [-0.05, 0) is 41.8 Å². The SMILES string of the molecule is COc1ccc(C)c(C2COc3cnc(Cl)nc3N2C)c1. The number of fused-ring (bicyclic) bond motifs is 1. The van der Waals surface area contributed by atoms with E-state index in [0.29, 0.717) is 18.2 Å². The second kappa shape index (κ2) is 5.41. The molecule has 2 aromatic rings. The Balaban J connectivity index is 2.01. The fourth-order valence-electron chi connectivity index (χ4n) is 2.53. The summed E-state index contributed by atoms with van der Waals surface area (Å²) in [6.07, 6.45) is 1.61. The number of rotatable bonds is 2. The van der Waals surface area contributed by atoms with Gasteiger partial charge < -0.3 is 14.4 Å². The van der Waals surface area contributed by atoms with Crippen molar-refractivity contribution in [3.8, 4) is 11.5 Å². The van der Waals surface area contributed by atoms with E-state index < -0.39 is 0 Å². The van der Waals surface area contributed by atoms with Crippen molar-refractivity contribution >= 4 is 17.4 Å². The van der Waals surface area contributed by atoms with E-state index in [-0.39, 0.29) is 11.3 Å². The van der Waals surface area contributed by atoms with Crippen LogP contribution in [0.3, 0.4) is 0 Å². The van der Waals surface area contributed by atoms with Gasteiger partial charge in [-0.15, -0.1) is 0 Å². The van der Waals surface area contributed by atoms with E-state index in [2.05, 4.69) is 21.8 Å². The molecule has 0 aliphatic carbocycles. The molecule has 0 fully saturated rings. The third-order valence-electron chi connectivity index (χ3n) is 3.75. The van der Waals surface area contributed by atoms with Crippen molar-refractivity contribution in [3.63, 3.8) is 0 Å². The summed E-state index contributed by atoms with van der Waals surface area (Å²) in [5, 5.41) is 0.215. The molecule has 1 unspecified atom stereocenters. The first-order chi connectivity index (χ1) is 10.1. The Morgan fingerprint density at radius 2 is 2.24 bits per heavy atom. The highest BCUT2D eigenvalue weighted by atomic mass is 35.5.